The third kappa shape index (κ3) is 2.45. The second-order valence-corrected chi connectivity index (χ2v) is 4.52. The summed E-state index contributed by atoms with van der Waals surface area (Å²) >= 11 is 0. The minimum absolute atomic E-state index is 0.428. The van der Waals surface area contributed by atoms with E-state index < -0.39 is 0 Å². The molecule has 0 radical (unpaired) electrons. The molecule has 3 nitrogen and oxygen atoms in total. The summed E-state index contributed by atoms with van der Waals surface area (Å²) in [5, 5.41) is 3.12. The zero-order chi connectivity index (χ0) is 12.4. The van der Waals surface area contributed by atoms with Crippen LogP contribution in [-0.4, -0.2) is 18.1 Å². The summed E-state index contributed by atoms with van der Waals surface area (Å²) in [5.41, 5.74) is 3.11. The zero-order valence-corrected chi connectivity index (χ0v) is 10.4. The molecule has 0 aliphatic heterocycles. The molecule has 0 saturated heterocycles. The lowest BCUT2D eigenvalue weighted by Crippen LogP contribution is -1.96. The fourth-order valence-electron chi connectivity index (χ4n) is 1.85. The van der Waals surface area contributed by atoms with Crippen LogP contribution in [-0.2, 0) is 0 Å². The van der Waals surface area contributed by atoms with Gasteiger partial charge in [-0.2, -0.15) is 0 Å². The van der Waals surface area contributed by atoms with Gasteiger partial charge in [-0.25, -0.2) is 0 Å². The largest absolute Gasteiger partial charge is 0.490 e. The highest BCUT2D eigenvalue weighted by Crippen LogP contribution is 2.29. The van der Waals surface area contributed by atoms with Gasteiger partial charge in [0, 0.05) is 24.5 Å². The van der Waals surface area contributed by atoms with Crippen LogP contribution in [0.5, 0.6) is 5.75 Å². The Kier molecular flexibility index (Phi) is 2.89. The normalized spacial score (nSPS) is 14.3. The second kappa shape index (κ2) is 4.69. The van der Waals surface area contributed by atoms with E-state index in [9.17, 15) is 0 Å². The Morgan fingerprint density at radius 1 is 1.22 bits per heavy atom. The van der Waals surface area contributed by atoms with Crippen molar-refractivity contribution in [3.05, 3.63) is 42.6 Å². The maximum Gasteiger partial charge on any atom is 0.120 e. The van der Waals surface area contributed by atoms with Gasteiger partial charge in [-0.15, -0.1) is 0 Å². The first-order valence-electron chi connectivity index (χ1n) is 6.26. The van der Waals surface area contributed by atoms with Gasteiger partial charge in [-0.3, -0.25) is 4.98 Å². The maximum atomic E-state index is 5.80. The number of hydrogen-bond donors (Lipinski definition) is 1. The molecule has 0 amide bonds. The van der Waals surface area contributed by atoms with Gasteiger partial charge in [0.25, 0.3) is 0 Å². The third-order valence-electron chi connectivity index (χ3n) is 3.01. The van der Waals surface area contributed by atoms with Crippen LogP contribution in [0.3, 0.4) is 0 Å². The van der Waals surface area contributed by atoms with E-state index in [4.69, 9.17) is 4.74 Å². The lowest BCUT2D eigenvalue weighted by molar-refractivity contribution is 0.303. The number of nitrogens with zero attached hydrogens (tertiary/aromatic N) is 1. The first-order valence-corrected chi connectivity index (χ1v) is 6.26. The van der Waals surface area contributed by atoms with Crippen molar-refractivity contribution in [3.8, 4) is 17.0 Å². The molecular weight excluding hydrogens is 224 g/mol. The molecule has 1 fully saturated rings. The molecular formula is C15H16N2O. The molecule has 92 valence electrons. The molecule has 1 N–H and O–H groups in total. The Balaban J connectivity index is 1.89. The number of hydrogen-bond acceptors (Lipinski definition) is 3. The van der Waals surface area contributed by atoms with Gasteiger partial charge in [0.1, 0.15) is 5.75 Å². The number of ether oxygens (including phenoxy) is 1. The van der Waals surface area contributed by atoms with Crippen LogP contribution in [0.1, 0.15) is 12.8 Å². The summed E-state index contributed by atoms with van der Waals surface area (Å²) in [6, 6.07) is 12.1. The smallest absolute Gasteiger partial charge is 0.120 e. The van der Waals surface area contributed by atoms with Crippen molar-refractivity contribution in [1.29, 1.82) is 0 Å². The Labute approximate surface area is 107 Å². The van der Waals surface area contributed by atoms with E-state index in [1.807, 2.05) is 37.5 Å². The molecule has 1 aromatic heterocycles. The summed E-state index contributed by atoms with van der Waals surface area (Å²) in [6.07, 6.45) is 4.60. The fraction of sp³-hybridized carbons (Fsp3) is 0.267. The number of aromatic nitrogens is 1. The number of benzene rings is 1. The van der Waals surface area contributed by atoms with Crippen LogP contribution in [0.2, 0.25) is 0 Å². The van der Waals surface area contributed by atoms with E-state index in [0.29, 0.717) is 6.10 Å². The van der Waals surface area contributed by atoms with Crippen LogP contribution in [0.25, 0.3) is 11.3 Å². The third-order valence-corrected chi connectivity index (χ3v) is 3.01. The summed E-state index contributed by atoms with van der Waals surface area (Å²) < 4.78 is 5.80. The van der Waals surface area contributed by atoms with Crippen molar-refractivity contribution in [3.63, 3.8) is 0 Å². The lowest BCUT2D eigenvalue weighted by Gasteiger charge is -2.07. The molecule has 1 saturated carbocycles. The molecule has 1 aliphatic rings. The van der Waals surface area contributed by atoms with Gasteiger partial charge in [-0.1, -0.05) is 12.1 Å². The van der Waals surface area contributed by atoms with E-state index in [1.165, 1.54) is 12.8 Å². The van der Waals surface area contributed by atoms with Crippen LogP contribution in [0.15, 0.2) is 42.6 Å². The van der Waals surface area contributed by atoms with Gasteiger partial charge in [0.05, 0.1) is 11.8 Å². The summed E-state index contributed by atoms with van der Waals surface area (Å²) in [4.78, 5) is 4.40. The van der Waals surface area contributed by atoms with Crippen molar-refractivity contribution in [2.45, 2.75) is 18.9 Å². The van der Waals surface area contributed by atoms with Gasteiger partial charge in [0.15, 0.2) is 0 Å². The Hall–Kier alpha value is -2.03. The van der Waals surface area contributed by atoms with E-state index in [0.717, 1.165) is 22.7 Å². The number of rotatable bonds is 4. The predicted molar refractivity (Wildman–Crippen MR) is 72.9 cm³/mol. The maximum absolute atomic E-state index is 5.80. The first kappa shape index (κ1) is 11.1. The monoisotopic (exact) mass is 240 g/mol. The van der Waals surface area contributed by atoms with Gasteiger partial charge in [-0.05, 0) is 37.1 Å². The number of pyridine rings is 1. The first-order chi connectivity index (χ1) is 8.85. The van der Waals surface area contributed by atoms with Gasteiger partial charge < -0.3 is 10.1 Å². The van der Waals surface area contributed by atoms with E-state index >= 15 is 0 Å². The van der Waals surface area contributed by atoms with Crippen LogP contribution < -0.4 is 10.1 Å². The van der Waals surface area contributed by atoms with Crippen molar-refractivity contribution >= 4 is 5.69 Å². The second-order valence-electron chi connectivity index (χ2n) is 4.52. The topological polar surface area (TPSA) is 34.2 Å². The van der Waals surface area contributed by atoms with Crippen LogP contribution in [0.4, 0.5) is 5.69 Å². The van der Waals surface area contributed by atoms with Crippen LogP contribution >= 0.6 is 0 Å². The van der Waals surface area contributed by atoms with Crippen molar-refractivity contribution in [1.82, 2.24) is 4.98 Å². The Morgan fingerprint density at radius 2 is 2.11 bits per heavy atom. The summed E-state index contributed by atoms with van der Waals surface area (Å²) in [6.45, 7) is 0. The van der Waals surface area contributed by atoms with E-state index in [1.54, 1.807) is 0 Å². The molecule has 0 spiro atoms. The molecule has 2 aromatic rings. The van der Waals surface area contributed by atoms with Crippen molar-refractivity contribution < 1.29 is 4.74 Å². The van der Waals surface area contributed by atoms with Gasteiger partial charge in [0.2, 0.25) is 0 Å². The molecule has 1 aliphatic carbocycles. The molecule has 3 rings (SSSR count). The van der Waals surface area contributed by atoms with Gasteiger partial charge >= 0.3 is 0 Å². The highest BCUT2D eigenvalue weighted by atomic mass is 16.5. The molecule has 1 heterocycles. The fourth-order valence-corrected chi connectivity index (χ4v) is 1.85. The standard InChI is InChI=1S/C15H16N2O/c1-16-12-7-8-17-15(10-12)11-3-2-4-14(9-11)18-13-5-6-13/h2-4,7-10,13H,5-6H2,1H3,(H,16,17). The molecule has 3 heteroatoms. The lowest BCUT2D eigenvalue weighted by atomic mass is 10.1. The molecule has 0 atom stereocenters. The number of anilines is 1. The number of nitrogens with one attached hydrogen (secondary N) is 1. The quantitative estimate of drug-likeness (QED) is 0.890. The summed E-state index contributed by atoms with van der Waals surface area (Å²) in [5.74, 6) is 0.937. The summed E-state index contributed by atoms with van der Waals surface area (Å²) in [7, 11) is 1.91. The Bertz CT molecular complexity index is 550. The highest BCUT2D eigenvalue weighted by molar-refractivity contribution is 5.65. The average Bonchev–Trinajstić information content (AvgIpc) is 3.23. The molecule has 18 heavy (non-hydrogen) atoms. The van der Waals surface area contributed by atoms with Crippen molar-refractivity contribution in [2.24, 2.45) is 0 Å². The zero-order valence-electron chi connectivity index (χ0n) is 10.4. The van der Waals surface area contributed by atoms with Crippen molar-refractivity contribution in [2.75, 3.05) is 12.4 Å². The Morgan fingerprint density at radius 3 is 2.89 bits per heavy atom. The van der Waals surface area contributed by atoms with Crippen LogP contribution in [0, 0.1) is 0 Å². The molecule has 0 unspecified atom stereocenters. The average molecular weight is 240 g/mol. The van der Waals surface area contributed by atoms with E-state index in [2.05, 4.69) is 22.4 Å². The molecule has 0 bridgehead atoms. The minimum Gasteiger partial charge on any atom is -0.490 e. The minimum atomic E-state index is 0.428. The molecule has 1 aromatic carbocycles. The predicted octanol–water partition coefficient (Wildman–Crippen LogP) is 3.33. The van der Waals surface area contributed by atoms with E-state index in [-0.39, 0.29) is 0 Å². The SMILES string of the molecule is CNc1ccnc(-c2cccc(OC3CC3)c2)c1. The highest BCUT2D eigenvalue weighted by Gasteiger charge is 2.23.